The third kappa shape index (κ3) is 3.09. The monoisotopic (exact) mass is 166 g/mol. The third-order valence-electron chi connectivity index (χ3n) is 1.38. The van der Waals surface area contributed by atoms with Crippen LogP contribution in [0.2, 0.25) is 0 Å². The van der Waals surface area contributed by atoms with Crippen LogP contribution >= 0.6 is 12.2 Å². The summed E-state index contributed by atoms with van der Waals surface area (Å²) in [7, 11) is 0. The molecule has 2 N–H and O–H groups in total. The summed E-state index contributed by atoms with van der Waals surface area (Å²) in [5.41, 5.74) is 6.53. The number of thiocarbonyl (C=S) groups is 1. The number of aromatic nitrogens is 1. The van der Waals surface area contributed by atoms with Gasteiger partial charge in [-0.25, -0.2) is 0 Å². The zero-order valence-electron chi connectivity index (χ0n) is 6.16. The summed E-state index contributed by atoms with van der Waals surface area (Å²) >= 11 is 4.75. The van der Waals surface area contributed by atoms with Crippen molar-refractivity contribution in [2.24, 2.45) is 5.73 Å². The molecular formula is C8H10N2S. The number of nitrogens with two attached hydrogens (primary N) is 1. The molecule has 0 aliphatic rings. The molecule has 0 unspecified atom stereocenters. The maximum Gasteiger partial charge on any atom is 0.0730 e. The lowest BCUT2D eigenvalue weighted by molar-refractivity contribution is 1.02. The van der Waals surface area contributed by atoms with E-state index in [9.17, 15) is 0 Å². The van der Waals surface area contributed by atoms with Gasteiger partial charge in [-0.2, -0.15) is 0 Å². The first kappa shape index (κ1) is 8.14. The first-order valence-corrected chi connectivity index (χ1v) is 3.87. The molecule has 0 amide bonds. The molecule has 11 heavy (non-hydrogen) atoms. The van der Waals surface area contributed by atoms with Gasteiger partial charge in [0.1, 0.15) is 0 Å². The Balaban J connectivity index is 2.45. The van der Waals surface area contributed by atoms with E-state index in [0.29, 0.717) is 4.99 Å². The quantitative estimate of drug-likeness (QED) is 0.688. The van der Waals surface area contributed by atoms with Crippen molar-refractivity contribution in [3.8, 4) is 0 Å². The number of hydrogen-bond acceptors (Lipinski definition) is 2. The fourth-order valence-electron chi connectivity index (χ4n) is 0.814. The van der Waals surface area contributed by atoms with Crippen molar-refractivity contribution in [3.63, 3.8) is 0 Å². The molecule has 0 aromatic carbocycles. The number of hydrogen-bond donors (Lipinski definition) is 1. The Bertz CT molecular complexity index is 233. The van der Waals surface area contributed by atoms with Gasteiger partial charge in [0.05, 0.1) is 4.99 Å². The summed E-state index contributed by atoms with van der Waals surface area (Å²) in [6, 6.07) is 3.93. The highest BCUT2D eigenvalue weighted by molar-refractivity contribution is 7.80. The van der Waals surface area contributed by atoms with Crippen LogP contribution in [0.25, 0.3) is 0 Å². The van der Waals surface area contributed by atoms with E-state index in [1.165, 1.54) is 5.56 Å². The summed E-state index contributed by atoms with van der Waals surface area (Å²) < 4.78 is 0. The minimum Gasteiger partial charge on any atom is -0.393 e. The highest BCUT2D eigenvalue weighted by atomic mass is 32.1. The van der Waals surface area contributed by atoms with Crippen LogP contribution in [0.1, 0.15) is 12.0 Å². The Hall–Kier alpha value is -0.960. The van der Waals surface area contributed by atoms with Crippen LogP contribution in [0, 0.1) is 0 Å². The van der Waals surface area contributed by atoms with Gasteiger partial charge >= 0.3 is 0 Å². The topological polar surface area (TPSA) is 38.9 Å². The first-order chi connectivity index (χ1) is 5.29. The Morgan fingerprint density at radius 2 is 2.45 bits per heavy atom. The van der Waals surface area contributed by atoms with Crippen molar-refractivity contribution in [1.82, 2.24) is 4.98 Å². The molecule has 1 aromatic heterocycles. The van der Waals surface area contributed by atoms with Crippen molar-refractivity contribution in [1.29, 1.82) is 0 Å². The number of aryl methyl sites for hydroxylation is 1. The molecule has 0 aliphatic carbocycles. The predicted molar refractivity (Wildman–Crippen MR) is 49.3 cm³/mol. The lowest BCUT2D eigenvalue weighted by Crippen LogP contribution is -2.08. The average Bonchev–Trinajstić information content (AvgIpc) is 2.03. The molecule has 3 heteroatoms. The van der Waals surface area contributed by atoms with Gasteiger partial charge in [0.2, 0.25) is 0 Å². The molecule has 1 heterocycles. The van der Waals surface area contributed by atoms with Gasteiger partial charge in [0, 0.05) is 18.8 Å². The molecule has 1 rings (SSSR count). The summed E-state index contributed by atoms with van der Waals surface area (Å²) in [5.74, 6) is 0. The largest absolute Gasteiger partial charge is 0.393 e. The Morgan fingerprint density at radius 1 is 1.64 bits per heavy atom. The molecule has 0 saturated carbocycles. The zero-order chi connectivity index (χ0) is 8.10. The first-order valence-electron chi connectivity index (χ1n) is 3.46. The molecule has 0 radical (unpaired) electrons. The van der Waals surface area contributed by atoms with E-state index in [1.807, 2.05) is 18.3 Å². The van der Waals surface area contributed by atoms with Gasteiger partial charge in [0.25, 0.3) is 0 Å². The highest BCUT2D eigenvalue weighted by Crippen LogP contribution is 1.99. The molecule has 0 aliphatic heterocycles. The molecule has 0 atom stereocenters. The van der Waals surface area contributed by atoms with Crippen LogP contribution < -0.4 is 5.73 Å². The molecular weight excluding hydrogens is 156 g/mol. The molecule has 1 aromatic rings. The minimum atomic E-state index is 0.564. The molecule has 0 saturated heterocycles. The Morgan fingerprint density at radius 3 is 3.00 bits per heavy atom. The van der Waals surface area contributed by atoms with Crippen molar-refractivity contribution >= 4 is 17.2 Å². The molecule has 0 fully saturated rings. The SMILES string of the molecule is NC(=S)CCc1cccnc1. The van der Waals surface area contributed by atoms with Gasteiger partial charge in [-0.1, -0.05) is 18.3 Å². The highest BCUT2D eigenvalue weighted by Gasteiger charge is 1.92. The van der Waals surface area contributed by atoms with Crippen LogP contribution in [0.3, 0.4) is 0 Å². The summed E-state index contributed by atoms with van der Waals surface area (Å²) in [6.07, 6.45) is 5.24. The fourth-order valence-corrected chi connectivity index (χ4v) is 0.916. The fraction of sp³-hybridized carbons (Fsp3) is 0.250. The summed E-state index contributed by atoms with van der Waals surface area (Å²) in [6.45, 7) is 0. The summed E-state index contributed by atoms with van der Waals surface area (Å²) in [4.78, 5) is 4.54. The third-order valence-corrected chi connectivity index (χ3v) is 1.59. The van der Waals surface area contributed by atoms with Crippen molar-refractivity contribution < 1.29 is 0 Å². The summed E-state index contributed by atoms with van der Waals surface area (Å²) in [5, 5.41) is 0. The zero-order valence-corrected chi connectivity index (χ0v) is 6.97. The van der Waals surface area contributed by atoms with Gasteiger partial charge in [-0.05, 0) is 18.1 Å². The van der Waals surface area contributed by atoms with Crippen LogP contribution in [0.15, 0.2) is 24.5 Å². The lowest BCUT2D eigenvalue weighted by atomic mass is 10.2. The normalized spacial score (nSPS) is 9.45. The van der Waals surface area contributed by atoms with E-state index in [-0.39, 0.29) is 0 Å². The van der Waals surface area contributed by atoms with Crippen LogP contribution in [-0.4, -0.2) is 9.97 Å². The molecule has 58 valence electrons. The van der Waals surface area contributed by atoms with E-state index in [1.54, 1.807) is 6.20 Å². The number of rotatable bonds is 3. The predicted octanol–water partition coefficient (Wildman–Crippen LogP) is 1.30. The van der Waals surface area contributed by atoms with Crippen molar-refractivity contribution in [2.75, 3.05) is 0 Å². The van der Waals surface area contributed by atoms with E-state index >= 15 is 0 Å². The second-order valence-corrected chi connectivity index (χ2v) is 2.85. The second-order valence-electron chi connectivity index (χ2n) is 2.33. The molecule has 0 spiro atoms. The number of nitrogens with zero attached hydrogens (tertiary/aromatic N) is 1. The van der Waals surface area contributed by atoms with Gasteiger partial charge in [0.15, 0.2) is 0 Å². The Labute approximate surface area is 71.4 Å². The molecule has 0 bridgehead atoms. The number of pyridine rings is 1. The second kappa shape index (κ2) is 4.03. The van der Waals surface area contributed by atoms with Gasteiger partial charge in [-0.15, -0.1) is 0 Å². The van der Waals surface area contributed by atoms with Crippen LogP contribution in [-0.2, 0) is 6.42 Å². The molecule has 2 nitrogen and oxygen atoms in total. The lowest BCUT2D eigenvalue weighted by Gasteiger charge is -1.97. The van der Waals surface area contributed by atoms with E-state index in [0.717, 1.165) is 12.8 Å². The van der Waals surface area contributed by atoms with E-state index in [2.05, 4.69) is 4.98 Å². The minimum absolute atomic E-state index is 0.564. The van der Waals surface area contributed by atoms with Crippen molar-refractivity contribution in [2.45, 2.75) is 12.8 Å². The van der Waals surface area contributed by atoms with E-state index < -0.39 is 0 Å². The maximum atomic E-state index is 5.35. The maximum absolute atomic E-state index is 5.35. The van der Waals surface area contributed by atoms with Crippen LogP contribution in [0.5, 0.6) is 0 Å². The average molecular weight is 166 g/mol. The van der Waals surface area contributed by atoms with Gasteiger partial charge in [-0.3, -0.25) is 4.98 Å². The van der Waals surface area contributed by atoms with E-state index in [4.69, 9.17) is 18.0 Å². The van der Waals surface area contributed by atoms with Crippen LogP contribution in [0.4, 0.5) is 0 Å². The standard InChI is InChI=1S/C8H10N2S/c9-8(11)4-3-7-2-1-5-10-6-7/h1-2,5-6H,3-4H2,(H2,9,11). The Kier molecular flexibility index (Phi) is 2.98. The smallest absolute Gasteiger partial charge is 0.0730 e. The van der Waals surface area contributed by atoms with Crippen molar-refractivity contribution in [3.05, 3.63) is 30.1 Å². The van der Waals surface area contributed by atoms with Gasteiger partial charge < -0.3 is 5.73 Å².